The quantitative estimate of drug-likeness (QED) is 0.386. The van der Waals surface area contributed by atoms with E-state index in [0.29, 0.717) is 18.7 Å². The van der Waals surface area contributed by atoms with Gasteiger partial charge in [0.25, 0.3) is 0 Å². The number of rotatable bonds is 7. The fourth-order valence-electron chi connectivity index (χ4n) is 4.16. The minimum absolute atomic E-state index is 0.0236. The smallest absolute Gasteiger partial charge is 0.185 e. The maximum Gasteiger partial charge on any atom is 0.185 e. The molecule has 0 spiro atoms. The standard InChI is InChI=1S/C25H27BrN2O2/c26-21-11-8-19(9-12-21)25(30)13-10-20-16-28(24-7-3-2-6-23(20)24)18-22(29)17-27-14-4-1-5-15-27/h2-3,6-13,16,22,29H,1,4-5,14-15,17-18H2/b13-10+/t22-/m0/s1. The number of nitrogens with zero attached hydrogens (tertiary/aromatic N) is 2. The number of aromatic nitrogens is 1. The molecule has 2 heterocycles. The van der Waals surface area contributed by atoms with E-state index in [1.165, 1.54) is 19.3 Å². The van der Waals surface area contributed by atoms with Crippen molar-refractivity contribution in [1.29, 1.82) is 0 Å². The molecule has 1 aliphatic rings. The van der Waals surface area contributed by atoms with Gasteiger partial charge >= 0.3 is 0 Å². The van der Waals surface area contributed by atoms with Gasteiger partial charge in [-0.25, -0.2) is 0 Å². The van der Waals surface area contributed by atoms with Crippen molar-refractivity contribution >= 4 is 38.7 Å². The van der Waals surface area contributed by atoms with Crippen molar-refractivity contribution in [2.24, 2.45) is 0 Å². The first kappa shape index (κ1) is 21.0. The largest absolute Gasteiger partial charge is 0.390 e. The van der Waals surface area contributed by atoms with Crippen LogP contribution in [0.4, 0.5) is 0 Å². The molecule has 0 radical (unpaired) electrons. The van der Waals surface area contributed by atoms with E-state index in [1.807, 2.05) is 48.7 Å². The highest BCUT2D eigenvalue weighted by atomic mass is 79.9. The summed E-state index contributed by atoms with van der Waals surface area (Å²) in [5.41, 5.74) is 2.72. The number of aliphatic hydroxyl groups is 1. The Bertz CT molecular complexity index is 1030. The molecule has 1 aliphatic heterocycles. The molecule has 1 aromatic heterocycles. The molecule has 0 saturated carbocycles. The number of fused-ring (bicyclic) bond motifs is 1. The van der Waals surface area contributed by atoms with Gasteiger partial charge in [0.05, 0.1) is 6.10 Å². The summed E-state index contributed by atoms with van der Waals surface area (Å²) in [6, 6.07) is 15.5. The van der Waals surface area contributed by atoms with Crippen LogP contribution < -0.4 is 0 Å². The molecule has 4 rings (SSSR count). The summed E-state index contributed by atoms with van der Waals surface area (Å²) in [5, 5.41) is 11.8. The van der Waals surface area contributed by atoms with Crippen molar-refractivity contribution in [1.82, 2.24) is 9.47 Å². The summed E-state index contributed by atoms with van der Waals surface area (Å²) in [7, 11) is 0. The average molecular weight is 467 g/mol. The molecule has 1 N–H and O–H groups in total. The highest BCUT2D eigenvalue weighted by Gasteiger charge is 2.16. The second-order valence-corrected chi connectivity index (χ2v) is 8.89. The third-order valence-electron chi connectivity index (χ3n) is 5.69. The van der Waals surface area contributed by atoms with E-state index in [4.69, 9.17) is 0 Å². The van der Waals surface area contributed by atoms with E-state index < -0.39 is 6.10 Å². The van der Waals surface area contributed by atoms with Gasteiger partial charge in [-0.2, -0.15) is 0 Å². The van der Waals surface area contributed by atoms with Crippen LogP contribution in [0.5, 0.6) is 0 Å². The van der Waals surface area contributed by atoms with Crippen molar-refractivity contribution in [3.63, 3.8) is 0 Å². The lowest BCUT2D eigenvalue weighted by atomic mass is 10.1. The number of carbonyl (C=O) groups is 1. The van der Waals surface area contributed by atoms with Crippen molar-refractivity contribution in [3.8, 4) is 0 Å². The zero-order valence-corrected chi connectivity index (χ0v) is 18.6. The van der Waals surface area contributed by atoms with Gasteiger partial charge in [-0.3, -0.25) is 4.79 Å². The molecule has 1 saturated heterocycles. The lowest BCUT2D eigenvalue weighted by molar-refractivity contribution is 0.0892. The molecule has 2 aromatic carbocycles. The number of likely N-dealkylation sites (tertiary alicyclic amines) is 1. The Morgan fingerprint density at radius 2 is 1.77 bits per heavy atom. The molecule has 1 atom stereocenters. The van der Waals surface area contributed by atoms with Crippen LogP contribution in [0.3, 0.4) is 0 Å². The van der Waals surface area contributed by atoms with Gasteiger partial charge in [-0.15, -0.1) is 0 Å². The lowest BCUT2D eigenvalue weighted by Gasteiger charge is -2.28. The predicted octanol–water partition coefficient (Wildman–Crippen LogP) is 5.15. The number of hydrogen-bond donors (Lipinski definition) is 1. The van der Waals surface area contributed by atoms with Gasteiger partial charge in [-0.1, -0.05) is 40.5 Å². The predicted molar refractivity (Wildman–Crippen MR) is 126 cm³/mol. The molecule has 30 heavy (non-hydrogen) atoms. The van der Waals surface area contributed by atoms with E-state index in [9.17, 15) is 9.90 Å². The molecule has 3 aromatic rings. The number of benzene rings is 2. The van der Waals surface area contributed by atoms with Crippen molar-refractivity contribution in [3.05, 3.63) is 76.4 Å². The molecule has 1 fully saturated rings. The molecule has 0 amide bonds. The minimum atomic E-state index is -0.417. The second-order valence-electron chi connectivity index (χ2n) is 7.97. The van der Waals surface area contributed by atoms with Gasteiger partial charge in [0.2, 0.25) is 0 Å². The zero-order valence-electron chi connectivity index (χ0n) is 17.0. The van der Waals surface area contributed by atoms with Gasteiger partial charge in [0.1, 0.15) is 0 Å². The number of halogens is 1. The zero-order chi connectivity index (χ0) is 20.9. The Morgan fingerprint density at radius 3 is 2.53 bits per heavy atom. The van der Waals surface area contributed by atoms with Crippen LogP contribution in [-0.2, 0) is 6.54 Å². The Hall–Kier alpha value is -2.21. The van der Waals surface area contributed by atoms with Crippen LogP contribution in [0.2, 0.25) is 0 Å². The van der Waals surface area contributed by atoms with Crippen LogP contribution in [-0.4, -0.2) is 46.1 Å². The van der Waals surface area contributed by atoms with Crippen molar-refractivity contribution in [2.45, 2.75) is 31.9 Å². The maximum atomic E-state index is 12.5. The van der Waals surface area contributed by atoms with Gasteiger partial charge in [-0.05, 0) is 68.4 Å². The number of para-hydroxylation sites is 1. The highest BCUT2D eigenvalue weighted by molar-refractivity contribution is 9.10. The number of allylic oxidation sites excluding steroid dienone is 1. The summed E-state index contributed by atoms with van der Waals surface area (Å²) >= 11 is 3.40. The summed E-state index contributed by atoms with van der Waals surface area (Å²) in [6.07, 6.45) is 8.86. The molecule has 0 bridgehead atoms. The third kappa shape index (κ3) is 5.09. The molecule has 156 valence electrons. The van der Waals surface area contributed by atoms with Crippen LogP contribution >= 0.6 is 15.9 Å². The summed E-state index contributed by atoms with van der Waals surface area (Å²) < 4.78 is 3.06. The van der Waals surface area contributed by atoms with E-state index in [2.05, 4.69) is 37.5 Å². The fraction of sp³-hybridized carbons (Fsp3) is 0.320. The second kappa shape index (κ2) is 9.73. The van der Waals surface area contributed by atoms with E-state index in [-0.39, 0.29) is 5.78 Å². The number of β-amino-alcohol motifs (C(OH)–C–C–N with tert-alkyl or cyclic N) is 1. The molecular formula is C25H27BrN2O2. The number of hydrogen-bond acceptors (Lipinski definition) is 3. The molecule has 0 aliphatic carbocycles. The molecule has 5 heteroatoms. The van der Waals surface area contributed by atoms with E-state index in [1.54, 1.807) is 6.08 Å². The van der Waals surface area contributed by atoms with Crippen LogP contribution in [0.15, 0.2) is 65.3 Å². The minimum Gasteiger partial charge on any atom is -0.390 e. The SMILES string of the molecule is O=C(/C=C/c1cn(C[C@@H](O)CN2CCCCC2)c2ccccc12)c1ccc(Br)cc1. The van der Waals surface area contributed by atoms with Crippen molar-refractivity contribution in [2.75, 3.05) is 19.6 Å². The lowest BCUT2D eigenvalue weighted by Crippen LogP contribution is -2.37. The number of piperidine rings is 1. The van der Waals surface area contributed by atoms with E-state index >= 15 is 0 Å². The first-order valence-corrected chi connectivity index (χ1v) is 11.4. The maximum absolute atomic E-state index is 12.5. The van der Waals surface area contributed by atoms with Gasteiger partial charge in [0, 0.05) is 45.8 Å². The molecular weight excluding hydrogens is 440 g/mol. The van der Waals surface area contributed by atoms with Gasteiger partial charge < -0.3 is 14.6 Å². The number of carbonyl (C=O) groups excluding carboxylic acids is 1. The summed E-state index contributed by atoms with van der Waals surface area (Å²) in [4.78, 5) is 14.9. The van der Waals surface area contributed by atoms with Gasteiger partial charge in [0.15, 0.2) is 5.78 Å². The Kier molecular flexibility index (Phi) is 6.82. The number of ketones is 1. The topological polar surface area (TPSA) is 45.5 Å². The number of aliphatic hydroxyl groups excluding tert-OH is 1. The van der Waals surface area contributed by atoms with Crippen LogP contribution in [0.1, 0.15) is 35.2 Å². The summed E-state index contributed by atoms with van der Waals surface area (Å²) in [6.45, 7) is 3.41. The third-order valence-corrected chi connectivity index (χ3v) is 6.22. The first-order valence-electron chi connectivity index (χ1n) is 10.6. The average Bonchev–Trinajstić information content (AvgIpc) is 3.10. The van der Waals surface area contributed by atoms with Crippen molar-refractivity contribution < 1.29 is 9.90 Å². The summed E-state index contributed by atoms with van der Waals surface area (Å²) in [5.74, 6) is -0.0236. The Morgan fingerprint density at radius 1 is 1.03 bits per heavy atom. The monoisotopic (exact) mass is 466 g/mol. The molecule has 4 nitrogen and oxygen atoms in total. The first-order chi connectivity index (χ1) is 14.6. The van der Waals surface area contributed by atoms with Crippen LogP contribution in [0, 0.1) is 0 Å². The Labute approximate surface area is 185 Å². The fourth-order valence-corrected chi connectivity index (χ4v) is 4.42. The molecule has 0 unspecified atom stereocenters. The van der Waals surface area contributed by atoms with Crippen LogP contribution in [0.25, 0.3) is 17.0 Å². The Balaban J connectivity index is 1.51. The highest BCUT2D eigenvalue weighted by Crippen LogP contribution is 2.23. The normalized spacial score (nSPS) is 16.3. The van der Waals surface area contributed by atoms with E-state index in [0.717, 1.165) is 34.0 Å².